The zero-order valence-corrected chi connectivity index (χ0v) is 16.3. The minimum atomic E-state index is -4.83. The first kappa shape index (κ1) is 22.7. The van der Waals surface area contributed by atoms with Gasteiger partial charge in [-0.3, -0.25) is 9.13 Å². The van der Waals surface area contributed by atoms with Crippen molar-refractivity contribution in [2.75, 3.05) is 13.2 Å². The number of hydrogen-bond donors (Lipinski definition) is 4. The van der Waals surface area contributed by atoms with Crippen LogP contribution >= 0.6 is 7.60 Å². The number of aromatic nitrogens is 2. The molecule has 4 atom stereocenters. The van der Waals surface area contributed by atoms with Crippen molar-refractivity contribution in [2.45, 2.75) is 50.5 Å². The molecule has 160 valence electrons. The summed E-state index contributed by atoms with van der Waals surface area (Å²) in [5.74, 6) is -0.523. The van der Waals surface area contributed by atoms with Crippen LogP contribution in [0.2, 0.25) is 0 Å². The predicted molar refractivity (Wildman–Crippen MR) is 93.5 cm³/mol. The molecule has 2 rings (SSSR count). The van der Waals surface area contributed by atoms with Crippen molar-refractivity contribution in [3.63, 3.8) is 0 Å². The molecule has 10 nitrogen and oxygen atoms in total. The lowest BCUT2D eigenvalue weighted by Gasteiger charge is -2.28. The van der Waals surface area contributed by atoms with Crippen LogP contribution in [0.4, 0.5) is 8.78 Å². The first-order valence-corrected chi connectivity index (χ1v) is 10.0. The van der Waals surface area contributed by atoms with Crippen molar-refractivity contribution in [1.82, 2.24) is 9.55 Å². The average Bonchev–Trinajstić information content (AvgIpc) is 3.10. The molecular weight excluding hydrogens is 403 g/mol. The molecule has 1 saturated heterocycles. The molecule has 0 saturated carbocycles. The van der Waals surface area contributed by atoms with Crippen molar-refractivity contribution in [2.24, 2.45) is 5.73 Å². The van der Waals surface area contributed by atoms with Gasteiger partial charge in [-0.15, -0.1) is 0 Å². The van der Waals surface area contributed by atoms with E-state index in [1.54, 1.807) is 0 Å². The second-order valence-corrected chi connectivity index (χ2v) is 8.26. The van der Waals surface area contributed by atoms with Crippen molar-refractivity contribution < 1.29 is 42.4 Å². The Morgan fingerprint density at radius 2 is 1.96 bits per heavy atom. The molecule has 0 aliphatic carbocycles. The SMILES string of the molecule is C=C(N)c1ncn([C@@H]2O[C@H](CC(F)(F)P(=O)(OCC)OCC)[C@@H](O)[C@H]2O)c1O. The van der Waals surface area contributed by atoms with Gasteiger partial charge >= 0.3 is 13.3 Å². The van der Waals surface area contributed by atoms with Crippen LogP contribution in [-0.4, -0.2) is 62.1 Å². The van der Waals surface area contributed by atoms with Gasteiger partial charge in [0.15, 0.2) is 6.23 Å². The normalized spacial score (nSPS) is 25.9. The third-order valence-corrected chi connectivity index (χ3v) is 6.31. The van der Waals surface area contributed by atoms with Crippen LogP contribution in [-0.2, 0) is 18.3 Å². The summed E-state index contributed by atoms with van der Waals surface area (Å²) in [6.45, 7) is 5.63. The standard InChI is InChI=1S/C15H24F2N3O7P/c1-4-25-28(24,26-5-2)15(16,17)6-9-11(21)12(22)14(27-9)20-7-19-10(8(3)18)13(20)23/h7,9,11-12,14,21-23H,3-6,18H2,1-2H3/t9-,11-,12-,14-/m1/s1. The molecule has 0 aromatic carbocycles. The Morgan fingerprint density at radius 3 is 2.43 bits per heavy atom. The summed E-state index contributed by atoms with van der Waals surface area (Å²) in [7, 11) is -4.83. The van der Waals surface area contributed by atoms with E-state index in [9.17, 15) is 28.7 Å². The van der Waals surface area contributed by atoms with Gasteiger partial charge in [-0.2, -0.15) is 8.78 Å². The second kappa shape index (κ2) is 8.44. The maximum Gasteiger partial charge on any atom is 0.399 e. The highest BCUT2D eigenvalue weighted by molar-refractivity contribution is 7.55. The quantitative estimate of drug-likeness (QED) is 0.429. The molecule has 1 aromatic heterocycles. The first-order chi connectivity index (χ1) is 13.0. The van der Waals surface area contributed by atoms with Gasteiger partial charge in [0.25, 0.3) is 0 Å². The minimum Gasteiger partial charge on any atom is -0.493 e. The van der Waals surface area contributed by atoms with E-state index in [0.717, 1.165) is 10.9 Å². The summed E-state index contributed by atoms with van der Waals surface area (Å²) in [5, 5.41) is 30.4. The number of rotatable bonds is 9. The van der Waals surface area contributed by atoms with E-state index in [2.05, 4.69) is 20.6 Å². The molecule has 1 aromatic rings. The smallest absolute Gasteiger partial charge is 0.399 e. The molecule has 0 radical (unpaired) electrons. The van der Waals surface area contributed by atoms with Crippen molar-refractivity contribution in [3.8, 4) is 5.88 Å². The molecule has 1 fully saturated rings. The highest BCUT2D eigenvalue weighted by Gasteiger charge is 2.58. The molecule has 0 amide bonds. The number of aliphatic hydroxyl groups is 2. The van der Waals surface area contributed by atoms with Gasteiger partial charge in [0, 0.05) is 0 Å². The molecule has 1 aliphatic heterocycles. The monoisotopic (exact) mass is 427 g/mol. The molecule has 0 bridgehead atoms. The number of alkyl halides is 2. The van der Waals surface area contributed by atoms with Crippen LogP contribution in [0.15, 0.2) is 12.9 Å². The number of ether oxygens (including phenoxy) is 1. The average molecular weight is 427 g/mol. The Labute approximate surface area is 160 Å². The highest BCUT2D eigenvalue weighted by Crippen LogP contribution is 2.64. The molecule has 5 N–H and O–H groups in total. The summed E-state index contributed by atoms with van der Waals surface area (Å²) in [6, 6.07) is 0. The van der Waals surface area contributed by atoms with Gasteiger partial charge in [0.1, 0.15) is 24.2 Å². The van der Waals surface area contributed by atoms with E-state index in [0.29, 0.717) is 0 Å². The van der Waals surface area contributed by atoms with Gasteiger partial charge in [-0.25, -0.2) is 4.98 Å². The van der Waals surface area contributed by atoms with Gasteiger partial charge in [0.05, 0.1) is 31.4 Å². The van der Waals surface area contributed by atoms with Crippen molar-refractivity contribution in [1.29, 1.82) is 0 Å². The van der Waals surface area contributed by atoms with Crippen molar-refractivity contribution >= 4 is 13.3 Å². The molecule has 0 unspecified atom stereocenters. The van der Waals surface area contributed by atoms with Gasteiger partial charge in [-0.1, -0.05) is 6.58 Å². The molecular formula is C15H24F2N3O7P. The summed E-state index contributed by atoms with van der Waals surface area (Å²) >= 11 is 0. The van der Waals surface area contributed by atoms with Gasteiger partial charge < -0.3 is 34.8 Å². The van der Waals surface area contributed by atoms with E-state index in [-0.39, 0.29) is 24.6 Å². The Bertz CT molecular complexity index is 750. The third kappa shape index (κ3) is 4.07. The number of halogens is 2. The Kier molecular flexibility index (Phi) is 6.85. The lowest BCUT2D eigenvalue weighted by atomic mass is 10.1. The fourth-order valence-corrected chi connectivity index (χ4v) is 4.35. The molecule has 0 spiro atoms. The Hall–Kier alpha value is -1.56. The van der Waals surface area contributed by atoms with E-state index in [4.69, 9.17) is 10.5 Å². The highest BCUT2D eigenvalue weighted by atomic mass is 31.2. The van der Waals surface area contributed by atoms with E-state index < -0.39 is 50.1 Å². The van der Waals surface area contributed by atoms with E-state index in [1.807, 2.05) is 0 Å². The molecule has 1 aliphatic rings. The minimum absolute atomic E-state index is 0.0678. The zero-order chi connectivity index (χ0) is 21.3. The fourth-order valence-electron chi connectivity index (χ4n) is 2.81. The Balaban J connectivity index is 2.24. The summed E-state index contributed by atoms with van der Waals surface area (Å²) in [6.07, 6.45) is -6.71. The number of aromatic hydroxyl groups is 1. The lowest BCUT2D eigenvalue weighted by molar-refractivity contribution is -0.0736. The largest absolute Gasteiger partial charge is 0.493 e. The predicted octanol–water partition coefficient (Wildman–Crippen LogP) is 1.39. The summed E-state index contributed by atoms with van der Waals surface area (Å²) in [5.41, 5.74) is 1.32. The first-order valence-electron chi connectivity index (χ1n) is 8.48. The zero-order valence-electron chi connectivity index (χ0n) is 15.4. The van der Waals surface area contributed by atoms with Crippen molar-refractivity contribution in [3.05, 3.63) is 18.6 Å². The molecule has 28 heavy (non-hydrogen) atoms. The van der Waals surface area contributed by atoms with Gasteiger partial charge in [-0.05, 0) is 13.8 Å². The van der Waals surface area contributed by atoms with Gasteiger partial charge in [0.2, 0.25) is 5.88 Å². The maximum atomic E-state index is 14.6. The maximum absolute atomic E-state index is 14.6. The van der Waals surface area contributed by atoms with Crippen LogP contribution in [0, 0.1) is 0 Å². The lowest BCUT2D eigenvalue weighted by Crippen LogP contribution is -2.35. The third-order valence-electron chi connectivity index (χ3n) is 4.13. The second-order valence-electron chi connectivity index (χ2n) is 6.10. The molecule has 13 heteroatoms. The van der Waals surface area contributed by atoms with Crippen LogP contribution in [0.25, 0.3) is 5.70 Å². The summed E-state index contributed by atoms with van der Waals surface area (Å²) < 4.78 is 57.3. The van der Waals surface area contributed by atoms with Crippen LogP contribution < -0.4 is 5.73 Å². The number of nitrogens with zero attached hydrogens (tertiary/aromatic N) is 2. The fraction of sp³-hybridized carbons (Fsp3) is 0.667. The number of aliphatic hydroxyl groups excluding tert-OH is 2. The van der Waals surface area contributed by atoms with Crippen LogP contribution in [0.1, 0.15) is 32.2 Å². The topological polar surface area (TPSA) is 149 Å². The van der Waals surface area contributed by atoms with Crippen LogP contribution in [0.3, 0.4) is 0 Å². The van der Waals surface area contributed by atoms with Crippen LogP contribution in [0.5, 0.6) is 5.88 Å². The number of imidazole rings is 1. The summed E-state index contributed by atoms with van der Waals surface area (Å²) in [4.78, 5) is 3.79. The van der Waals surface area contributed by atoms with E-state index in [1.165, 1.54) is 13.8 Å². The number of hydrogen-bond acceptors (Lipinski definition) is 9. The molecule has 2 heterocycles. The Morgan fingerprint density at radius 1 is 1.39 bits per heavy atom. The number of nitrogens with two attached hydrogens (primary N) is 1. The van der Waals surface area contributed by atoms with E-state index >= 15 is 0 Å².